The predicted molar refractivity (Wildman–Crippen MR) is 111 cm³/mol. The van der Waals surface area contributed by atoms with Crippen molar-refractivity contribution in [1.82, 2.24) is 0 Å². The van der Waals surface area contributed by atoms with Gasteiger partial charge in [-0.05, 0) is 42.8 Å². The molecule has 3 aromatic carbocycles. The summed E-state index contributed by atoms with van der Waals surface area (Å²) in [6.45, 7) is 1.96. The van der Waals surface area contributed by atoms with Crippen LogP contribution in [0.3, 0.4) is 0 Å². The third-order valence-corrected chi connectivity index (χ3v) is 4.27. The summed E-state index contributed by atoms with van der Waals surface area (Å²) in [5.41, 5.74) is 3.41. The number of carbonyl (C=O) groups excluding carboxylic acids is 2. The van der Waals surface area contributed by atoms with Gasteiger partial charge in [0.25, 0.3) is 5.91 Å². The molecule has 2 N–H and O–H groups in total. The summed E-state index contributed by atoms with van der Waals surface area (Å²) in [4.78, 5) is 25.2. The van der Waals surface area contributed by atoms with Crippen LogP contribution in [-0.2, 0) is 11.2 Å². The zero-order chi connectivity index (χ0) is 19.9. The molecule has 0 radical (unpaired) electrons. The standard InChI is InChI=1S/C23H22N2O3/c1-16-8-7-10-18(14-16)24-23(27)19-11-4-5-12-20(19)25-22(26)15-17-9-3-6-13-21(17)28-2/h3-14H,15H2,1-2H3,(H,24,27)(H,25,26). The average Bonchev–Trinajstić information content (AvgIpc) is 2.68. The van der Waals surface area contributed by atoms with E-state index < -0.39 is 0 Å². The fraction of sp³-hybridized carbons (Fsp3) is 0.130. The van der Waals surface area contributed by atoms with Crippen molar-refractivity contribution in [1.29, 1.82) is 0 Å². The van der Waals surface area contributed by atoms with Crippen LogP contribution in [0.5, 0.6) is 5.75 Å². The highest BCUT2D eigenvalue weighted by Gasteiger charge is 2.15. The number of amides is 2. The van der Waals surface area contributed by atoms with Crippen LogP contribution in [0.4, 0.5) is 11.4 Å². The fourth-order valence-corrected chi connectivity index (χ4v) is 2.93. The van der Waals surface area contributed by atoms with Gasteiger partial charge in [0.2, 0.25) is 5.91 Å². The Hall–Kier alpha value is -3.60. The molecule has 142 valence electrons. The normalized spacial score (nSPS) is 10.2. The lowest BCUT2D eigenvalue weighted by atomic mass is 10.1. The van der Waals surface area contributed by atoms with Crippen LogP contribution in [-0.4, -0.2) is 18.9 Å². The highest BCUT2D eigenvalue weighted by atomic mass is 16.5. The van der Waals surface area contributed by atoms with Gasteiger partial charge >= 0.3 is 0 Å². The summed E-state index contributed by atoms with van der Waals surface area (Å²) < 4.78 is 5.29. The predicted octanol–water partition coefficient (Wildman–Crippen LogP) is 4.44. The van der Waals surface area contributed by atoms with Gasteiger partial charge in [0.05, 0.1) is 24.8 Å². The third-order valence-electron chi connectivity index (χ3n) is 4.27. The Morgan fingerprint density at radius 3 is 2.43 bits per heavy atom. The zero-order valence-electron chi connectivity index (χ0n) is 15.9. The Morgan fingerprint density at radius 2 is 1.64 bits per heavy atom. The van der Waals surface area contributed by atoms with Crippen molar-refractivity contribution >= 4 is 23.2 Å². The molecule has 28 heavy (non-hydrogen) atoms. The molecule has 0 aliphatic rings. The van der Waals surface area contributed by atoms with Gasteiger partial charge in [-0.2, -0.15) is 0 Å². The van der Waals surface area contributed by atoms with Gasteiger partial charge in [-0.15, -0.1) is 0 Å². The Morgan fingerprint density at radius 1 is 0.893 bits per heavy atom. The molecular formula is C23H22N2O3. The van der Waals surface area contributed by atoms with Crippen molar-refractivity contribution in [3.63, 3.8) is 0 Å². The lowest BCUT2D eigenvalue weighted by molar-refractivity contribution is -0.115. The molecule has 5 nitrogen and oxygen atoms in total. The minimum Gasteiger partial charge on any atom is -0.496 e. The summed E-state index contributed by atoms with van der Waals surface area (Å²) in [6, 6.07) is 21.9. The van der Waals surface area contributed by atoms with Gasteiger partial charge in [0, 0.05) is 11.3 Å². The fourth-order valence-electron chi connectivity index (χ4n) is 2.93. The molecule has 0 bridgehead atoms. The largest absolute Gasteiger partial charge is 0.496 e. The Kier molecular flexibility index (Phi) is 6.07. The Bertz CT molecular complexity index is 998. The third kappa shape index (κ3) is 4.76. The topological polar surface area (TPSA) is 67.4 Å². The Labute approximate surface area is 164 Å². The van der Waals surface area contributed by atoms with E-state index in [0.29, 0.717) is 22.7 Å². The molecule has 3 rings (SSSR count). The molecule has 0 aliphatic carbocycles. The first kappa shape index (κ1) is 19.2. The van der Waals surface area contributed by atoms with E-state index in [4.69, 9.17) is 4.74 Å². The number of nitrogens with one attached hydrogen (secondary N) is 2. The van der Waals surface area contributed by atoms with E-state index in [2.05, 4.69) is 10.6 Å². The lowest BCUT2D eigenvalue weighted by Gasteiger charge is -2.13. The molecule has 0 heterocycles. The van der Waals surface area contributed by atoms with Crippen LogP contribution < -0.4 is 15.4 Å². The second kappa shape index (κ2) is 8.86. The maximum Gasteiger partial charge on any atom is 0.257 e. The van der Waals surface area contributed by atoms with Crippen LogP contribution >= 0.6 is 0 Å². The number of rotatable bonds is 6. The van der Waals surface area contributed by atoms with Crippen LogP contribution in [0.1, 0.15) is 21.5 Å². The van der Waals surface area contributed by atoms with Gasteiger partial charge in [-0.3, -0.25) is 9.59 Å². The molecule has 3 aromatic rings. The van der Waals surface area contributed by atoms with E-state index in [1.54, 1.807) is 31.4 Å². The van der Waals surface area contributed by atoms with Crippen molar-refractivity contribution in [2.75, 3.05) is 17.7 Å². The molecule has 0 saturated carbocycles. The minimum absolute atomic E-state index is 0.151. The number of anilines is 2. The number of benzene rings is 3. The van der Waals surface area contributed by atoms with E-state index in [1.165, 1.54) is 0 Å². The zero-order valence-corrected chi connectivity index (χ0v) is 15.9. The van der Waals surface area contributed by atoms with E-state index >= 15 is 0 Å². The first-order chi connectivity index (χ1) is 13.6. The van der Waals surface area contributed by atoms with Crippen LogP contribution in [0, 0.1) is 6.92 Å². The number of hydrogen-bond donors (Lipinski definition) is 2. The molecule has 2 amide bonds. The highest BCUT2D eigenvalue weighted by Crippen LogP contribution is 2.21. The first-order valence-electron chi connectivity index (χ1n) is 8.95. The molecule has 0 saturated heterocycles. The quantitative estimate of drug-likeness (QED) is 0.670. The lowest BCUT2D eigenvalue weighted by Crippen LogP contribution is -2.19. The second-order valence-electron chi connectivity index (χ2n) is 6.41. The second-order valence-corrected chi connectivity index (χ2v) is 6.41. The summed E-state index contributed by atoms with van der Waals surface area (Å²) in [5.74, 6) is 0.155. The van der Waals surface area contributed by atoms with E-state index in [-0.39, 0.29) is 18.2 Å². The minimum atomic E-state index is -0.279. The molecule has 0 fully saturated rings. The number of methoxy groups -OCH3 is 1. The molecule has 0 atom stereocenters. The average molecular weight is 374 g/mol. The van der Waals surface area contributed by atoms with E-state index in [0.717, 1.165) is 11.1 Å². The summed E-state index contributed by atoms with van der Waals surface area (Å²) in [5, 5.41) is 5.70. The number of para-hydroxylation sites is 2. The first-order valence-corrected chi connectivity index (χ1v) is 8.95. The summed E-state index contributed by atoms with van der Waals surface area (Å²) in [7, 11) is 1.57. The SMILES string of the molecule is COc1ccccc1CC(=O)Nc1ccccc1C(=O)Nc1cccc(C)c1. The van der Waals surface area contributed by atoms with Gasteiger partial charge in [-0.1, -0.05) is 42.5 Å². The van der Waals surface area contributed by atoms with Crippen LogP contribution in [0.25, 0.3) is 0 Å². The molecule has 5 heteroatoms. The maximum absolute atomic E-state index is 12.7. The van der Waals surface area contributed by atoms with Crippen molar-refractivity contribution < 1.29 is 14.3 Å². The maximum atomic E-state index is 12.7. The number of hydrogen-bond acceptors (Lipinski definition) is 3. The molecule has 0 spiro atoms. The van der Waals surface area contributed by atoms with Crippen molar-refractivity contribution in [3.05, 3.63) is 89.5 Å². The smallest absolute Gasteiger partial charge is 0.257 e. The monoisotopic (exact) mass is 374 g/mol. The van der Waals surface area contributed by atoms with Crippen molar-refractivity contribution in [2.24, 2.45) is 0 Å². The van der Waals surface area contributed by atoms with E-state index in [9.17, 15) is 9.59 Å². The Balaban J connectivity index is 1.74. The molecular weight excluding hydrogens is 352 g/mol. The molecule has 0 aliphatic heterocycles. The van der Waals surface area contributed by atoms with Crippen molar-refractivity contribution in [3.8, 4) is 5.75 Å². The number of ether oxygens (including phenoxy) is 1. The van der Waals surface area contributed by atoms with Gasteiger partial charge in [0.1, 0.15) is 5.75 Å². The van der Waals surface area contributed by atoms with Crippen molar-refractivity contribution in [2.45, 2.75) is 13.3 Å². The van der Waals surface area contributed by atoms with Gasteiger partial charge in [-0.25, -0.2) is 0 Å². The molecule has 0 unspecified atom stereocenters. The summed E-state index contributed by atoms with van der Waals surface area (Å²) in [6.07, 6.45) is 0.151. The molecule has 0 aromatic heterocycles. The van der Waals surface area contributed by atoms with Crippen LogP contribution in [0.2, 0.25) is 0 Å². The number of aryl methyl sites for hydroxylation is 1. The summed E-state index contributed by atoms with van der Waals surface area (Å²) >= 11 is 0. The van der Waals surface area contributed by atoms with Crippen LogP contribution in [0.15, 0.2) is 72.8 Å². The van der Waals surface area contributed by atoms with E-state index in [1.807, 2.05) is 55.5 Å². The van der Waals surface area contributed by atoms with Gasteiger partial charge in [0.15, 0.2) is 0 Å². The van der Waals surface area contributed by atoms with Gasteiger partial charge < -0.3 is 15.4 Å². The number of carbonyl (C=O) groups is 2. The highest BCUT2D eigenvalue weighted by molar-refractivity contribution is 6.10.